The Labute approximate surface area is 98.0 Å². The summed E-state index contributed by atoms with van der Waals surface area (Å²) in [4.78, 5) is 0. The molecule has 0 radical (unpaired) electrons. The highest BCUT2D eigenvalue weighted by Gasteiger charge is 1.99. The summed E-state index contributed by atoms with van der Waals surface area (Å²) >= 11 is 0. The number of hydrogen-bond donors (Lipinski definition) is 1. The number of nitrogens with one attached hydrogen (secondary N) is 1. The molecule has 94 valence electrons. The monoisotopic (exact) mass is 215 g/mol. The van der Waals surface area contributed by atoms with Crippen molar-refractivity contribution in [2.24, 2.45) is 0 Å². The van der Waals surface area contributed by atoms with E-state index >= 15 is 0 Å². The van der Waals surface area contributed by atoms with Gasteiger partial charge < -0.3 is 5.32 Å². The predicted octanol–water partition coefficient (Wildman–Crippen LogP) is 4.76. The van der Waals surface area contributed by atoms with Gasteiger partial charge in [0.2, 0.25) is 0 Å². The number of unbranched alkanes of at least 4 members (excludes halogenated alkanes) is 3. The van der Waals surface area contributed by atoms with E-state index in [1.807, 2.05) is 0 Å². The zero-order valence-electron chi connectivity index (χ0n) is 11.7. The van der Waals surface area contributed by atoms with E-state index < -0.39 is 0 Å². The van der Waals surface area contributed by atoms with Gasteiger partial charge in [0, 0.05) is 6.04 Å². The molecule has 1 N–H and O–H groups in total. The van der Waals surface area contributed by atoms with Gasteiger partial charge in [-0.2, -0.15) is 0 Å². The summed E-state index contributed by atoms with van der Waals surface area (Å²) in [5.41, 5.74) is 0. The Balaban J connectivity index is 0. The van der Waals surface area contributed by atoms with Gasteiger partial charge in [-0.15, -0.1) is 0 Å². The van der Waals surface area contributed by atoms with E-state index in [0.717, 1.165) is 12.6 Å². The summed E-state index contributed by atoms with van der Waals surface area (Å²) in [7, 11) is 0. The second-order valence-corrected chi connectivity index (χ2v) is 4.16. The molecule has 1 atom stereocenters. The van der Waals surface area contributed by atoms with E-state index in [9.17, 15) is 0 Å². The van der Waals surface area contributed by atoms with Gasteiger partial charge in [-0.1, -0.05) is 66.7 Å². The molecule has 0 bridgehead atoms. The van der Waals surface area contributed by atoms with Crippen molar-refractivity contribution in [2.75, 3.05) is 6.54 Å². The molecule has 0 aromatic rings. The summed E-state index contributed by atoms with van der Waals surface area (Å²) < 4.78 is 0. The van der Waals surface area contributed by atoms with Crippen LogP contribution in [-0.2, 0) is 0 Å². The minimum Gasteiger partial charge on any atom is -0.314 e. The van der Waals surface area contributed by atoms with Gasteiger partial charge in [-0.05, 0) is 19.4 Å². The maximum atomic E-state index is 3.43. The second-order valence-electron chi connectivity index (χ2n) is 4.16. The highest BCUT2D eigenvalue weighted by Crippen LogP contribution is 1.99. The van der Waals surface area contributed by atoms with Gasteiger partial charge in [-0.25, -0.2) is 0 Å². The molecular formula is C14H33N. The highest BCUT2D eigenvalue weighted by atomic mass is 14.9. The van der Waals surface area contributed by atoms with E-state index in [-0.39, 0.29) is 0 Å². The fraction of sp³-hybridized carbons (Fsp3) is 1.00. The molecule has 0 fully saturated rings. The number of rotatable bonds is 8. The molecule has 0 aliphatic carbocycles. The zero-order valence-corrected chi connectivity index (χ0v) is 11.7. The molecule has 0 aliphatic rings. The zero-order chi connectivity index (χ0) is 11.9. The Hall–Kier alpha value is -0.0400. The Bertz CT molecular complexity index is 81.3. The summed E-state index contributed by atoms with van der Waals surface area (Å²) in [6.07, 6.45) is 9.42. The average Bonchev–Trinajstić information content (AvgIpc) is 2.27. The third kappa shape index (κ3) is 16.6. The molecule has 0 aliphatic heterocycles. The molecule has 0 saturated heterocycles. The summed E-state index contributed by atoms with van der Waals surface area (Å²) in [6, 6.07) is 0.764. The topological polar surface area (TPSA) is 12.0 Å². The van der Waals surface area contributed by atoms with Crippen molar-refractivity contribution in [1.29, 1.82) is 0 Å². The first-order valence-electron chi connectivity index (χ1n) is 6.99. The van der Waals surface area contributed by atoms with Crippen molar-refractivity contribution in [3.63, 3.8) is 0 Å². The first kappa shape index (κ1) is 17.4. The molecule has 0 amide bonds. The maximum Gasteiger partial charge on any atom is 0.00642 e. The standard InChI is InChI=1S/C8H19N.C6H14/c1-4-7-8(5-2)9-6-3;1-3-5-6-4-2/h8-9H,4-7H2,1-3H3;3-6H2,1-2H3. The van der Waals surface area contributed by atoms with Gasteiger partial charge in [-0.3, -0.25) is 0 Å². The van der Waals surface area contributed by atoms with Crippen LogP contribution in [0.15, 0.2) is 0 Å². The van der Waals surface area contributed by atoms with Gasteiger partial charge >= 0.3 is 0 Å². The highest BCUT2D eigenvalue weighted by molar-refractivity contribution is 4.61. The van der Waals surface area contributed by atoms with Crippen molar-refractivity contribution in [2.45, 2.75) is 85.6 Å². The largest absolute Gasteiger partial charge is 0.314 e. The van der Waals surface area contributed by atoms with Crippen LogP contribution in [-0.4, -0.2) is 12.6 Å². The average molecular weight is 215 g/mol. The molecular weight excluding hydrogens is 182 g/mol. The Morgan fingerprint density at radius 2 is 1.33 bits per heavy atom. The van der Waals surface area contributed by atoms with Gasteiger partial charge in [0.15, 0.2) is 0 Å². The molecule has 0 aromatic carbocycles. The summed E-state index contributed by atoms with van der Waals surface area (Å²) in [6.45, 7) is 12.2. The lowest BCUT2D eigenvalue weighted by Crippen LogP contribution is -2.27. The fourth-order valence-electron chi connectivity index (χ4n) is 1.59. The molecule has 0 heterocycles. The molecule has 1 unspecified atom stereocenters. The lowest BCUT2D eigenvalue weighted by molar-refractivity contribution is 0.476. The third-order valence-corrected chi connectivity index (χ3v) is 2.58. The molecule has 0 spiro atoms. The number of hydrogen-bond acceptors (Lipinski definition) is 1. The van der Waals surface area contributed by atoms with Crippen molar-refractivity contribution < 1.29 is 0 Å². The van der Waals surface area contributed by atoms with Crippen LogP contribution >= 0.6 is 0 Å². The normalized spacial score (nSPS) is 11.8. The Morgan fingerprint density at radius 1 is 0.800 bits per heavy atom. The molecule has 0 rings (SSSR count). The fourth-order valence-corrected chi connectivity index (χ4v) is 1.59. The predicted molar refractivity (Wildman–Crippen MR) is 72.5 cm³/mol. The third-order valence-electron chi connectivity index (χ3n) is 2.58. The van der Waals surface area contributed by atoms with E-state index in [2.05, 4.69) is 39.9 Å². The van der Waals surface area contributed by atoms with E-state index in [1.165, 1.54) is 44.9 Å². The van der Waals surface area contributed by atoms with Crippen LogP contribution in [0.2, 0.25) is 0 Å². The molecule has 0 saturated carbocycles. The van der Waals surface area contributed by atoms with Crippen LogP contribution in [0.4, 0.5) is 0 Å². The van der Waals surface area contributed by atoms with E-state index in [1.54, 1.807) is 0 Å². The van der Waals surface area contributed by atoms with Crippen LogP contribution < -0.4 is 5.32 Å². The van der Waals surface area contributed by atoms with E-state index in [4.69, 9.17) is 0 Å². The second kappa shape index (κ2) is 16.4. The summed E-state index contributed by atoms with van der Waals surface area (Å²) in [5.74, 6) is 0. The molecule has 0 aromatic heterocycles. The van der Waals surface area contributed by atoms with Crippen molar-refractivity contribution in [3.05, 3.63) is 0 Å². The minimum absolute atomic E-state index is 0.764. The Morgan fingerprint density at radius 3 is 1.60 bits per heavy atom. The van der Waals surface area contributed by atoms with Crippen molar-refractivity contribution >= 4 is 0 Å². The van der Waals surface area contributed by atoms with Crippen molar-refractivity contribution in [3.8, 4) is 0 Å². The van der Waals surface area contributed by atoms with Gasteiger partial charge in [0.05, 0.1) is 0 Å². The molecule has 1 heteroatoms. The first-order chi connectivity index (χ1) is 7.26. The van der Waals surface area contributed by atoms with Crippen LogP contribution in [0.1, 0.15) is 79.6 Å². The van der Waals surface area contributed by atoms with Crippen molar-refractivity contribution in [1.82, 2.24) is 5.32 Å². The van der Waals surface area contributed by atoms with Crippen LogP contribution in [0.5, 0.6) is 0 Å². The van der Waals surface area contributed by atoms with Crippen LogP contribution in [0.3, 0.4) is 0 Å². The van der Waals surface area contributed by atoms with Gasteiger partial charge in [0.25, 0.3) is 0 Å². The maximum absolute atomic E-state index is 3.43. The minimum atomic E-state index is 0.764. The van der Waals surface area contributed by atoms with Crippen LogP contribution in [0.25, 0.3) is 0 Å². The smallest absolute Gasteiger partial charge is 0.00642 e. The lowest BCUT2D eigenvalue weighted by Gasteiger charge is -2.13. The molecule has 15 heavy (non-hydrogen) atoms. The molecule has 1 nitrogen and oxygen atoms in total. The summed E-state index contributed by atoms with van der Waals surface area (Å²) in [5, 5.41) is 3.43. The first-order valence-corrected chi connectivity index (χ1v) is 6.99. The SMILES string of the molecule is CCCC(CC)NCC.CCCCCC. The lowest BCUT2D eigenvalue weighted by atomic mass is 10.1. The quantitative estimate of drug-likeness (QED) is 0.576. The van der Waals surface area contributed by atoms with Crippen LogP contribution in [0, 0.1) is 0 Å². The Kier molecular flexibility index (Phi) is 19.0. The van der Waals surface area contributed by atoms with E-state index in [0.29, 0.717) is 0 Å². The van der Waals surface area contributed by atoms with Gasteiger partial charge in [0.1, 0.15) is 0 Å².